The summed E-state index contributed by atoms with van der Waals surface area (Å²) < 4.78 is 11.7. The first kappa shape index (κ1) is 14.2. The van der Waals surface area contributed by atoms with Gasteiger partial charge in [-0.05, 0) is 45.4 Å². The molecular weight excluding hydrogens is 245 g/mol. The van der Waals surface area contributed by atoms with Crippen LogP contribution < -0.4 is 5.73 Å². The third-order valence-electron chi connectivity index (χ3n) is 3.95. The number of phenolic OH excluding ortho intramolecular Hbond substituents is 2. The van der Waals surface area contributed by atoms with E-state index in [1.807, 2.05) is 27.7 Å². The molecule has 4 N–H and O–H groups in total. The van der Waals surface area contributed by atoms with E-state index in [9.17, 15) is 10.2 Å². The Morgan fingerprint density at radius 2 is 1.58 bits per heavy atom. The van der Waals surface area contributed by atoms with Crippen LogP contribution in [0.3, 0.4) is 0 Å². The predicted molar refractivity (Wildman–Crippen MR) is 72.8 cm³/mol. The lowest BCUT2D eigenvalue weighted by molar-refractivity contribution is 0.00578. The van der Waals surface area contributed by atoms with Gasteiger partial charge in [0.1, 0.15) is 0 Å². The van der Waals surface area contributed by atoms with Crippen LogP contribution in [-0.2, 0) is 9.31 Å². The van der Waals surface area contributed by atoms with Gasteiger partial charge in [0.2, 0.25) is 0 Å². The lowest BCUT2D eigenvalue weighted by Gasteiger charge is -2.32. The van der Waals surface area contributed by atoms with Crippen LogP contribution in [0.4, 0.5) is 0 Å². The Kier molecular flexibility index (Phi) is 3.29. The van der Waals surface area contributed by atoms with Crippen molar-refractivity contribution in [3.8, 4) is 11.5 Å². The molecule has 0 radical (unpaired) electrons. The Balaban J connectivity index is 2.22. The van der Waals surface area contributed by atoms with Crippen LogP contribution in [0.15, 0.2) is 18.2 Å². The molecule has 6 heteroatoms. The van der Waals surface area contributed by atoms with Gasteiger partial charge in [-0.15, -0.1) is 0 Å². The van der Waals surface area contributed by atoms with Crippen LogP contribution in [0, 0.1) is 0 Å². The van der Waals surface area contributed by atoms with Crippen molar-refractivity contribution in [2.75, 3.05) is 0 Å². The van der Waals surface area contributed by atoms with Gasteiger partial charge in [0.25, 0.3) is 0 Å². The Bertz CT molecular complexity index is 474. The summed E-state index contributed by atoms with van der Waals surface area (Å²) in [5, 5.41) is 18.8. The first-order valence-electron chi connectivity index (χ1n) is 6.27. The molecule has 0 bridgehead atoms. The molecule has 1 aliphatic heterocycles. The maximum atomic E-state index is 9.51. The molecule has 19 heavy (non-hydrogen) atoms. The van der Waals surface area contributed by atoms with E-state index in [4.69, 9.17) is 15.0 Å². The second-order valence-electron chi connectivity index (χ2n) is 5.90. The molecule has 0 spiro atoms. The third-order valence-corrected chi connectivity index (χ3v) is 3.95. The highest BCUT2D eigenvalue weighted by Gasteiger charge is 2.53. The Morgan fingerprint density at radius 3 is 2.05 bits per heavy atom. The standard InChI is InChI=1S/C13H20BNO4/c1-12(2)13(3,4)19-14(18-12)11(15)8-5-6-9(16)10(17)7-8/h5-7,11,16-17H,15H2,1-4H3/t11-/m1/s1. The zero-order valence-corrected chi connectivity index (χ0v) is 11.7. The quantitative estimate of drug-likeness (QED) is 0.560. The minimum Gasteiger partial charge on any atom is -0.504 e. The molecule has 2 rings (SSSR count). The molecule has 0 saturated carbocycles. The largest absolute Gasteiger partial charge is 0.504 e. The van der Waals surface area contributed by atoms with E-state index in [-0.39, 0.29) is 11.5 Å². The van der Waals surface area contributed by atoms with Gasteiger partial charge in [0, 0.05) is 0 Å². The summed E-state index contributed by atoms with van der Waals surface area (Å²) >= 11 is 0. The summed E-state index contributed by atoms with van der Waals surface area (Å²) in [6.07, 6.45) is 0. The van der Waals surface area contributed by atoms with E-state index in [1.54, 1.807) is 6.07 Å². The maximum Gasteiger partial charge on any atom is 0.480 e. The number of phenols is 2. The Labute approximate surface area is 113 Å². The Morgan fingerprint density at radius 1 is 1.05 bits per heavy atom. The maximum absolute atomic E-state index is 9.51. The minimum atomic E-state index is -0.589. The molecule has 1 saturated heterocycles. The fourth-order valence-electron chi connectivity index (χ4n) is 1.94. The first-order chi connectivity index (χ1) is 8.64. The van der Waals surface area contributed by atoms with E-state index >= 15 is 0 Å². The van der Waals surface area contributed by atoms with Crippen LogP contribution in [0.1, 0.15) is 39.2 Å². The van der Waals surface area contributed by atoms with E-state index in [0.29, 0.717) is 5.56 Å². The van der Waals surface area contributed by atoms with Gasteiger partial charge in [-0.25, -0.2) is 0 Å². The van der Waals surface area contributed by atoms with Crippen LogP contribution in [-0.4, -0.2) is 28.5 Å². The Hall–Kier alpha value is -1.24. The van der Waals surface area contributed by atoms with Gasteiger partial charge in [-0.3, -0.25) is 0 Å². The molecule has 1 aromatic carbocycles. The number of hydrogen-bond acceptors (Lipinski definition) is 5. The number of aromatic hydroxyl groups is 2. The third kappa shape index (κ3) is 2.43. The van der Waals surface area contributed by atoms with Crippen LogP contribution >= 0.6 is 0 Å². The van der Waals surface area contributed by atoms with E-state index in [2.05, 4.69) is 0 Å². The van der Waals surface area contributed by atoms with Crippen molar-refractivity contribution in [1.82, 2.24) is 0 Å². The zero-order valence-electron chi connectivity index (χ0n) is 11.7. The van der Waals surface area contributed by atoms with Gasteiger partial charge in [-0.1, -0.05) is 6.07 Å². The van der Waals surface area contributed by atoms with Crippen molar-refractivity contribution in [2.24, 2.45) is 5.73 Å². The molecule has 0 unspecified atom stereocenters. The molecule has 1 aromatic rings. The average Bonchev–Trinajstić information content (AvgIpc) is 2.51. The summed E-state index contributed by atoms with van der Waals surface area (Å²) in [6, 6.07) is 4.46. The molecule has 1 aliphatic rings. The number of rotatable bonds is 2. The highest BCUT2D eigenvalue weighted by atomic mass is 16.7. The van der Waals surface area contributed by atoms with Gasteiger partial charge in [-0.2, -0.15) is 0 Å². The number of nitrogens with two attached hydrogens (primary N) is 1. The fourth-order valence-corrected chi connectivity index (χ4v) is 1.94. The molecule has 0 amide bonds. The number of benzene rings is 1. The van der Waals surface area contributed by atoms with Crippen molar-refractivity contribution in [2.45, 2.75) is 44.8 Å². The molecule has 104 valence electrons. The molecule has 1 fully saturated rings. The zero-order chi connectivity index (χ0) is 14.4. The minimum absolute atomic E-state index is 0.176. The monoisotopic (exact) mass is 265 g/mol. The second kappa shape index (κ2) is 4.40. The topological polar surface area (TPSA) is 84.9 Å². The predicted octanol–water partition coefficient (Wildman–Crippen LogP) is 1.73. The van der Waals surface area contributed by atoms with Crippen molar-refractivity contribution < 1.29 is 19.5 Å². The van der Waals surface area contributed by atoms with Crippen LogP contribution in [0.25, 0.3) is 0 Å². The number of hydrogen-bond donors (Lipinski definition) is 3. The van der Waals surface area contributed by atoms with Crippen LogP contribution in [0.5, 0.6) is 11.5 Å². The molecule has 5 nitrogen and oxygen atoms in total. The summed E-state index contributed by atoms with van der Waals surface area (Å²) in [5.74, 6) is -0.915. The van der Waals surface area contributed by atoms with Crippen molar-refractivity contribution in [3.05, 3.63) is 23.8 Å². The lowest BCUT2D eigenvalue weighted by Crippen LogP contribution is -2.41. The van der Waals surface area contributed by atoms with Gasteiger partial charge in [0.05, 0.1) is 17.1 Å². The first-order valence-corrected chi connectivity index (χ1v) is 6.27. The summed E-state index contributed by atoms with van der Waals surface area (Å²) in [7, 11) is -0.589. The fraction of sp³-hybridized carbons (Fsp3) is 0.538. The van der Waals surface area contributed by atoms with Crippen LogP contribution in [0.2, 0.25) is 0 Å². The summed E-state index contributed by atoms with van der Waals surface area (Å²) in [4.78, 5) is 0. The summed E-state index contributed by atoms with van der Waals surface area (Å²) in [6.45, 7) is 7.81. The molecule has 1 atom stereocenters. The average molecular weight is 265 g/mol. The van der Waals surface area contributed by atoms with E-state index in [1.165, 1.54) is 12.1 Å². The molecular formula is C13H20BNO4. The van der Waals surface area contributed by atoms with Gasteiger partial charge in [0.15, 0.2) is 11.5 Å². The van der Waals surface area contributed by atoms with Gasteiger partial charge < -0.3 is 25.3 Å². The summed E-state index contributed by atoms with van der Waals surface area (Å²) in [5.41, 5.74) is 5.87. The molecule has 0 aromatic heterocycles. The normalized spacial score (nSPS) is 22.5. The van der Waals surface area contributed by atoms with Crippen molar-refractivity contribution >= 4 is 7.12 Å². The van der Waals surface area contributed by atoms with Gasteiger partial charge >= 0.3 is 7.12 Å². The lowest BCUT2D eigenvalue weighted by atomic mass is 9.75. The highest BCUT2D eigenvalue weighted by Crippen LogP contribution is 2.40. The molecule has 1 heterocycles. The SMILES string of the molecule is CC1(C)OB([C@H](N)c2ccc(O)c(O)c2)OC1(C)C. The highest BCUT2D eigenvalue weighted by molar-refractivity contribution is 6.47. The van der Waals surface area contributed by atoms with Crippen molar-refractivity contribution in [1.29, 1.82) is 0 Å². The second-order valence-corrected chi connectivity index (χ2v) is 5.90. The molecule has 0 aliphatic carbocycles. The van der Waals surface area contributed by atoms with Crippen molar-refractivity contribution in [3.63, 3.8) is 0 Å². The van der Waals surface area contributed by atoms with E-state index < -0.39 is 24.3 Å². The smallest absolute Gasteiger partial charge is 0.480 e. The van der Waals surface area contributed by atoms with E-state index in [0.717, 1.165) is 0 Å².